The molecule has 2 aromatic rings. The Balaban J connectivity index is 1.73. The third-order valence-corrected chi connectivity index (χ3v) is 3.72. The molecular weight excluding hydrogens is 285 g/mol. The van der Waals surface area contributed by atoms with Crippen LogP contribution in [0, 0.1) is 0 Å². The number of likely N-dealkylation sites (tertiary alicyclic amines) is 1. The standard InChI is InChI=1S/C13H13F3N4O/c14-13(15,16)12(21)19-6-2-9(3-7-19)11-18-8-10-17-4-1-5-20(10)11/h1,4-5,8-9H,2-3,6-7H2. The summed E-state index contributed by atoms with van der Waals surface area (Å²) in [5.41, 5.74) is 0.710. The summed E-state index contributed by atoms with van der Waals surface area (Å²) < 4.78 is 39.0. The number of amides is 1. The number of carbonyl (C=O) groups excluding carboxylic acids is 1. The molecule has 0 atom stereocenters. The minimum absolute atomic E-state index is 0.0361. The number of fused-ring (bicyclic) bond motifs is 1. The third-order valence-electron chi connectivity index (χ3n) is 3.72. The van der Waals surface area contributed by atoms with Gasteiger partial charge in [0.05, 0.1) is 6.20 Å². The monoisotopic (exact) mass is 298 g/mol. The minimum atomic E-state index is -4.79. The third kappa shape index (κ3) is 2.57. The van der Waals surface area contributed by atoms with Gasteiger partial charge in [-0.2, -0.15) is 13.2 Å². The first-order valence-electron chi connectivity index (χ1n) is 6.61. The van der Waals surface area contributed by atoms with Gasteiger partial charge in [0.15, 0.2) is 5.65 Å². The number of alkyl halides is 3. The molecular formula is C13H13F3N4O. The maximum Gasteiger partial charge on any atom is 0.471 e. The van der Waals surface area contributed by atoms with Crippen LogP contribution in [0.15, 0.2) is 24.7 Å². The number of nitrogens with zero attached hydrogens (tertiary/aromatic N) is 4. The lowest BCUT2D eigenvalue weighted by Crippen LogP contribution is -2.45. The van der Waals surface area contributed by atoms with E-state index in [2.05, 4.69) is 9.97 Å². The second kappa shape index (κ2) is 5.01. The van der Waals surface area contributed by atoms with Crippen LogP contribution in [-0.2, 0) is 4.79 Å². The molecule has 1 aliphatic heterocycles. The van der Waals surface area contributed by atoms with Crippen LogP contribution in [0.2, 0.25) is 0 Å². The maximum atomic E-state index is 12.4. The van der Waals surface area contributed by atoms with Gasteiger partial charge < -0.3 is 4.90 Å². The molecule has 1 aliphatic rings. The molecule has 0 unspecified atom stereocenters. The fourth-order valence-corrected chi connectivity index (χ4v) is 2.68. The number of hydrogen-bond donors (Lipinski definition) is 0. The number of rotatable bonds is 1. The van der Waals surface area contributed by atoms with Gasteiger partial charge in [-0.05, 0) is 18.9 Å². The Bertz CT molecular complexity index is 659. The summed E-state index contributed by atoms with van der Waals surface area (Å²) in [6.07, 6.45) is 1.27. The van der Waals surface area contributed by atoms with E-state index in [4.69, 9.17) is 0 Å². The number of carbonyl (C=O) groups is 1. The average Bonchev–Trinajstić information content (AvgIpc) is 2.90. The molecule has 8 heteroatoms. The van der Waals surface area contributed by atoms with Crippen molar-refractivity contribution >= 4 is 11.6 Å². The molecule has 3 heterocycles. The molecule has 2 aromatic heterocycles. The van der Waals surface area contributed by atoms with Crippen molar-refractivity contribution in [2.45, 2.75) is 24.9 Å². The lowest BCUT2D eigenvalue weighted by Gasteiger charge is -2.31. The van der Waals surface area contributed by atoms with Crippen LogP contribution in [0.5, 0.6) is 0 Å². The van der Waals surface area contributed by atoms with Crippen molar-refractivity contribution < 1.29 is 18.0 Å². The van der Waals surface area contributed by atoms with E-state index in [0.717, 1.165) is 10.7 Å². The van der Waals surface area contributed by atoms with Crippen molar-refractivity contribution in [1.29, 1.82) is 0 Å². The normalized spacial score (nSPS) is 17.4. The maximum absolute atomic E-state index is 12.4. The van der Waals surface area contributed by atoms with E-state index in [-0.39, 0.29) is 19.0 Å². The molecule has 5 nitrogen and oxygen atoms in total. The zero-order valence-corrected chi connectivity index (χ0v) is 11.0. The molecule has 0 aliphatic carbocycles. The van der Waals surface area contributed by atoms with E-state index in [1.807, 2.05) is 10.6 Å². The number of piperidine rings is 1. The molecule has 112 valence electrons. The van der Waals surface area contributed by atoms with Crippen LogP contribution in [0.3, 0.4) is 0 Å². The Morgan fingerprint density at radius 3 is 2.62 bits per heavy atom. The summed E-state index contributed by atoms with van der Waals surface area (Å²) in [5, 5.41) is 0. The van der Waals surface area contributed by atoms with Crippen molar-refractivity contribution in [3.8, 4) is 0 Å². The molecule has 3 rings (SSSR count). The van der Waals surface area contributed by atoms with Crippen LogP contribution < -0.4 is 0 Å². The Morgan fingerprint density at radius 1 is 1.24 bits per heavy atom. The van der Waals surface area contributed by atoms with Gasteiger partial charge in [-0.25, -0.2) is 9.97 Å². The van der Waals surface area contributed by atoms with E-state index in [1.54, 1.807) is 18.5 Å². The SMILES string of the molecule is O=C(N1CCC(c2ncc3ncccn23)CC1)C(F)(F)F. The highest BCUT2D eigenvalue weighted by Gasteiger charge is 2.43. The highest BCUT2D eigenvalue weighted by Crippen LogP contribution is 2.29. The molecule has 1 amide bonds. The molecule has 0 radical (unpaired) electrons. The van der Waals surface area contributed by atoms with Gasteiger partial charge in [0.2, 0.25) is 0 Å². The van der Waals surface area contributed by atoms with Crippen LogP contribution >= 0.6 is 0 Å². The number of imidazole rings is 1. The van der Waals surface area contributed by atoms with Crippen molar-refractivity contribution in [3.05, 3.63) is 30.5 Å². The summed E-state index contributed by atoms with van der Waals surface area (Å²) in [6.45, 7) is 0.191. The molecule has 0 spiro atoms. The van der Waals surface area contributed by atoms with Gasteiger partial charge in [-0.3, -0.25) is 9.20 Å². The van der Waals surface area contributed by atoms with E-state index < -0.39 is 12.1 Å². The van der Waals surface area contributed by atoms with Gasteiger partial charge in [0, 0.05) is 31.4 Å². The second-order valence-corrected chi connectivity index (χ2v) is 5.03. The summed E-state index contributed by atoms with van der Waals surface area (Å²) >= 11 is 0. The summed E-state index contributed by atoms with van der Waals surface area (Å²) in [4.78, 5) is 20.5. The minimum Gasteiger partial charge on any atom is -0.335 e. The van der Waals surface area contributed by atoms with Gasteiger partial charge in [-0.15, -0.1) is 0 Å². The van der Waals surface area contributed by atoms with Gasteiger partial charge in [0.25, 0.3) is 0 Å². The first-order valence-corrected chi connectivity index (χ1v) is 6.61. The first kappa shape index (κ1) is 13.8. The molecule has 1 saturated heterocycles. The Labute approximate surface area is 118 Å². The van der Waals surface area contributed by atoms with E-state index >= 15 is 0 Å². The summed E-state index contributed by atoms with van der Waals surface area (Å²) in [7, 11) is 0. The van der Waals surface area contributed by atoms with Gasteiger partial charge in [-0.1, -0.05) is 0 Å². The predicted molar refractivity (Wildman–Crippen MR) is 67.6 cm³/mol. The summed E-state index contributed by atoms with van der Waals surface area (Å²) in [6, 6.07) is 1.78. The van der Waals surface area contributed by atoms with E-state index in [9.17, 15) is 18.0 Å². The van der Waals surface area contributed by atoms with Crippen molar-refractivity contribution in [2.24, 2.45) is 0 Å². The Morgan fingerprint density at radius 2 is 1.95 bits per heavy atom. The second-order valence-electron chi connectivity index (χ2n) is 5.03. The first-order chi connectivity index (χ1) is 9.97. The molecule has 1 fully saturated rings. The fourth-order valence-electron chi connectivity index (χ4n) is 2.68. The molecule has 0 bridgehead atoms. The number of hydrogen-bond acceptors (Lipinski definition) is 3. The topological polar surface area (TPSA) is 50.5 Å². The molecule has 0 aromatic carbocycles. The average molecular weight is 298 g/mol. The van der Waals surface area contributed by atoms with Crippen LogP contribution in [0.1, 0.15) is 24.6 Å². The van der Waals surface area contributed by atoms with Crippen LogP contribution in [0.25, 0.3) is 5.65 Å². The lowest BCUT2D eigenvalue weighted by atomic mass is 9.96. The highest BCUT2D eigenvalue weighted by molar-refractivity contribution is 5.81. The number of aromatic nitrogens is 3. The van der Waals surface area contributed by atoms with Crippen molar-refractivity contribution in [2.75, 3.05) is 13.1 Å². The van der Waals surface area contributed by atoms with Crippen LogP contribution in [0.4, 0.5) is 13.2 Å². The van der Waals surface area contributed by atoms with E-state index in [0.29, 0.717) is 18.5 Å². The molecule has 0 N–H and O–H groups in total. The Hall–Kier alpha value is -2.12. The zero-order chi connectivity index (χ0) is 15.0. The van der Waals surface area contributed by atoms with Crippen LogP contribution in [-0.4, -0.2) is 44.4 Å². The summed E-state index contributed by atoms with van der Waals surface area (Å²) in [5.74, 6) is -0.929. The molecule has 0 saturated carbocycles. The lowest BCUT2D eigenvalue weighted by molar-refractivity contribution is -0.186. The van der Waals surface area contributed by atoms with Crippen molar-refractivity contribution in [1.82, 2.24) is 19.3 Å². The highest BCUT2D eigenvalue weighted by atomic mass is 19.4. The zero-order valence-electron chi connectivity index (χ0n) is 11.0. The van der Waals surface area contributed by atoms with Crippen molar-refractivity contribution in [3.63, 3.8) is 0 Å². The largest absolute Gasteiger partial charge is 0.471 e. The number of halogens is 3. The smallest absolute Gasteiger partial charge is 0.335 e. The Kier molecular flexibility index (Phi) is 3.30. The predicted octanol–water partition coefficient (Wildman–Crippen LogP) is 2.00. The van der Waals surface area contributed by atoms with Gasteiger partial charge >= 0.3 is 12.1 Å². The molecule has 21 heavy (non-hydrogen) atoms. The van der Waals surface area contributed by atoms with Gasteiger partial charge in [0.1, 0.15) is 5.82 Å². The quantitative estimate of drug-likeness (QED) is 0.809. The fraction of sp³-hybridized carbons (Fsp3) is 0.462. The van der Waals surface area contributed by atoms with E-state index in [1.165, 1.54) is 0 Å².